The molecule has 1 rings (SSSR count). The van der Waals surface area contributed by atoms with Gasteiger partial charge in [-0.15, -0.1) is 23.6 Å². The number of nitro groups is 1. The highest BCUT2D eigenvalue weighted by Gasteiger charge is 2.09. The van der Waals surface area contributed by atoms with Crippen molar-refractivity contribution in [1.82, 2.24) is 0 Å². The summed E-state index contributed by atoms with van der Waals surface area (Å²) in [5, 5.41) is 10.5. The van der Waals surface area contributed by atoms with Crippen LogP contribution in [0.25, 0.3) is 0 Å². The molecule has 0 N–H and O–H groups in total. The highest BCUT2D eigenvalue weighted by Crippen LogP contribution is 2.17. The summed E-state index contributed by atoms with van der Waals surface area (Å²) in [7, 11) is 0. The average Bonchev–Trinajstić information content (AvgIpc) is 2.05. The molecule has 0 amide bonds. The molecule has 0 bridgehead atoms. The maximum absolute atomic E-state index is 10.5. The van der Waals surface area contributed by atoms with Crippen LogP contribution in [0.3, 0.4) is 0 Å². The molecule has 0 aliphatic carbocycles. The topological polar surface area (TPSA) is 43.1 Å². The van der Waals surface area contributed by atoms with Gasteiger partial charge in [0.2, 0.25) is 0 Å². The van der Waals surface area contributed by atoms with Gasteiger partial charge in [-0.1, -0.05) is 24.3 Å². The molecule has 0 atom stereocenters. The fourth-order valence-corrected chi connectivity index (χ4v) is 1.02. The molecule has 13 heavy (non-hydrogen) atoms. The van der Waals surface area contributed by atoms with Gasteiger partial charge in [0.1, 0.15) is 0 Å². The van der Waals surface area contributed by atoms with Crippen molar-refractivity contribution in [3.8, 4) is 0 Å². The average molecular weight is 244 g/mol. The minimum Gasteiger partial charge on any atom is -0.258 e. The number of halogens is 1. The third kappa shape index (κ3) is 2.99. The van der Waals surface area contributed by atoms with Crippen LogP contribution >= 0.6 is 17.0 Å². The van der Waals surface area contributed by atoms with E-state index in [1.165, 1.54) is 6.07 Å². The largest absolute Gasteiger partial charge is 0.272 e. The fourth-order valence-electron chi connectivity index (χ4n) is 1.02. The number of nitro benzene ring substituents is 1. The summed E-state index contributed by atoms with van der Waals surface area (Å²) in [5.41, 5.74) is 0.870. The van der Waals surface area contributed by atoms with Crippen LogP contribution in [0.2, 0.25) is 0 Å². The lowest BCUT2D eigenvalue weighted by Crippen LogP contribution is -1.93. The smallest absolute Gasteiger partial charge is 0.258 e. The number of para-hydroxylation sites is 1. The molecule has 0 unspecified atom stereocenters. The predicted molar refractivity (Wildman–Crippen MR) is 57.3 cm³/mol. The second-order valence-corrected chi connectivity index (χ2v) is 2.38. The van der Waals surface area contributed by atoms with E-state index in [0.717, 1.165) is 0 Å². The predicted octanol–water partition coefficient (Wildman–Crippen LogP) is 2.90. The summed E-state index contributed by atoms with van der Waals surface area (Å²) in [5.74, 6) is 0. The zero-order valence-corrected chi connectivity index (χ0v) is 8.69. The lowest BCUT2D eigenvalue weighted by molar-refractivity contribution is -0.385. The van der Waals surface area contributed by atoms with Gasteiger partial charge in [0.05, 0.1) is 4.92 Å². The van der Waals surface area contributed by atoms with Gasteiger partial charge in [-0.05, 0) is 6.42 Å². The summed E-state index contributed by atoms with van der Waals surface area (Å²) in [4.78, 5) is 10.1. The van der Waals surface area contributed by atoms with Crippen molar-refractivity contribution in [1.29, 1.82) is 0 Å². The van der Waals surface area contributed by atoms with E-state index in [2.05, 4.69) is 6.58 Å². The molecule has 0 radical (unpaired) electrons. The molecule has 0 heterocycles. The Morgan fingerprint density at radius 1 is 1.46 bits per heavy atom. The van der Waals surface area contributed by atoms with Crippen LogP contribution in [0, 0.1) is 10.1 Å². The normalized spacial score (nSPS) is 8.62. The molecular formula is C9H10BrNO2. The van der Waals surface area contributed by atoms with Gasteiger partial charge >= 0.3 is 0 Å². The van der Waals surface area contributed by atoms with Gasteiger partial charge in [0.25, 0.3) is 5.69 Å². The number of rotatable bonds is 3. The Kier molecular flexibility index (Phi) is 4.99. The second kappa shape index (κ2) is 5.48. The van der Waals surface area contributed by atoms with Gasteiger partial charge in [-0.25, -0.2) is 0 Å². The molecule has 4 heteroatoms. The Morgan fingerprint density at radius 3 is 2.62 bits per heavy atom. The highest BCUT2D eigenvalue weighted by atomic mass is 79.9. The Balaban J connectivity index is 0.00000144. The van der Waals surface area contributed by atoms with E-state index < -0.39 is 0 Å². The first-order valence-corrected chi connectivity index (χ1v) is 3.59. The molecular weight excluding hydrogens is 234 g/mol. The maximum Gasteiger partial charge on any atom is 0.272 e. The van der Waals surface area contributed by atoms with Crippen LogP contribution < -0.4 is 0 Å². The van der Waals surface area contributed by atoms with Crippen molar-refractivity contribution in [3.05, 3.63) is 52.6 Å². The summed E-state index contributed by atoms with van der Waals surface area (Å²) >= 11 is 0. The molecule has 1 aromatic rings. The zero-order chi connectivity index (χ0) is 8.97. The van der Waals surface area contributed by atoms with E-state index in [0.29, 0.717) is 12.0 Å². The van der Waals surface area contributed by atoms with Crippen LogP contribution in [0.1, 0.15) is 5.56 Å². The van der Waals surface area contributed by atoms with Crippen molar-refractivity contribution >= 4 is 22.7 Å². The number of nitrogens with zero attached hydrogens (tertiary/aromatic N) is 1. The second-order valence-electron chi connectivity index (χ2n) is 2.38. The van der Waals surface area contributed by atoms with Crippen LogP contribution in [0.4, 0.5) is 5.69 Å². The molecule has 0 fully saturated rings. The SMILES string of the molecule is Br.C=CCc1ccccc1[N+](=O)[O-]. The number of hydrogen-bond donors (Lipinski definition) is 0. The van der Waals surface area contributed by atoms with Crippen LogP contribution in [0.5, 0.6) is 0 Å². The van der Waals surface area contributed by atoms with Crippen LogP contribution in [-0.2, 0) is 6.42 Å². The van der Waals surface area contributed by atoms with E-state index in [-0.39, 0.29) is 27.6 Å². The monoisotopic (exact) mass is 243 g/mol. The zero-order valence-electron chi connectivity index (χ0n) is 6.97. The Bertz CT molecular complexity index is 312. The van der Waals surface area contributed by atoms with Crippen molar-refractivity contribution in [2.75, 3.05) is 0 Å². The van der Waals surface area contributed by atoms with Gasteiger partial charge in [0.15, 0.2) is 0 Å². The van der Waals surface area contributed by atoms with Gasteiger partial charge in [0, 0.05) is 11.6 Å². The summed E-state index contributed by atoms with van der Waals surface area (Å²) < 4.78 is 0. The molecule has 0 aromatic heterocycles. The molecule has 0 saturated heterocycles. The van der Waals surface area contributed by atoms with Crippen LogP contribution in [0.15, 0.2) is 36.9 Å². The third-order valence-corrected chi connectivity index (χ3v) is 1.55. The van der Waals surface area contributed by atoms with Gasteiger partial charge in [-0.2, -0.15) is 0 Å². The summed E-state index contributed by atoms with van der Waals surface area (Å²) in [6, 6.07) is 6.68. The fraction of sp³-hybridized carbons (Fsp3) is 0.111. The van der Waals surface area contributed by atoms with Crippen molar-refractivity contribution in [2.24, 2.45) is 0 Å². The first-order valence-electron chi connectivity index (χ1n) is 3.59. The van der Waals surface area contributed by atoms with E-state index in [1.54, 1.807) is 24.3 Å². The third-order valence-electron chi connectivity index (χ3n) is 1.55. The summed E-state index contributed by atoms with van der Waals surface area (Å²) in [6.07, 6.45) is 2.19. The summed E-state index contributed by atoms with van der Waals surface area (Å²) in [6.45, 7) is 3.53. The molecule has 0 aliphatic rings. The first kappa shape index (κ1) is 11.8. The Morgan fingerprint density at radius 2 is 2.08 bits per heavy atom. The van der Waals surface area contributed by atoms with E-state index in [4.69, 9.17) is 0 Å². The lowest BCUT2D eigenvalue weighted by atomic mass is 10.1. The molecule has 1 aromatic carbocycles. The quantitative estimate of drug-likeness (QED) is 0.466. The van der Waals surface area contributed by atoms with Crippen LogP contribution in [-0.4, -0.2) is 4.92 Å². The molecule has 70 valence electrons. The maximum atomic E-state index is 10.5. The standard InChI is InChI=1S/C9H9NO2.BrH/c1-2-5-8-6-3-4-7-9(8)10(11)12;/h2-4,6-7H,1,5H2;1H. The van der Waals surface area contributed by atoms with Crippen molar-refractivity contribution in [2.45, 2.75) is 6.42 Å². The molecule has 0 spiro atoms. The van der Waals surface area contributed by atoms with E-state index in [9.17, 15) is 10.1 Å². The lowest BCUT2D eigenvalue weighted by Gasteiger charge is -1.97. The minimum atomic E-state index is -0.376. The molecule has 3 nitrogen and oxygen atoms in total. The van der Waals surface area contributed by atoms with E-state index in [1.807, 2.05) is 0 Å². The number of allylic oxidation sites excluding steroid dienone is 1. The first-order chi connectivity index (χ1) is 5.75. The Hall–Kier alpha value is -1.16. The van der Waals surface area contributed by atoms with Gasteiger partial charge < -0.3 is 0 Å². The van der Waals surface area contributed by atoms with Crippen molar-refractivity contribution in [3.63, 3.8) is 0 Å². The highest BCUT2D eigenvalue weighted by molar-refractivity contribution is 8.93. The van der Waals surface area contributed by atoms with Crippen molar-refractivity contribution < 1.29 is 4.92 Å². The Labute approximate surface area is 87.0 Å². The minimum absolute atomic E-state index is 0. The van der Waals surface area contributed by atoms with Gasteiger partial charge in [-0.3, -0.25) is 10.1 Å². The number of benzene rings is 1. The molecule has 0 saturated carbocycles. The molecule has 0 aliphatic heterocycles. The van der Waals surface area contributed by atoms with E-state index >= 15 is 0 Å². The number of hydrogen-bond acceptors (Lipinski definition) is 2.